The predicted molar refractivity (Wildman–Crippen MR) is 93.3 cm³/mol. The molecule has 1 N–H and O–H groups in total. The van der Waals surface area contributed by atoms with Crippen LogP contribution in [-0.2, 0) is 26.3 Å². The Morgan fingerprint density at radius 1 is 1.28 bits per heavy atom. The first-order chi connectivity index (χ1) is 12.0. The van der Waals surface area contributed by atoms with E-state index in [0.717, 1.165) is 30.7 Å². The minimum Gasteiger partial charge on any atom is -0.388 e. The van der Waals surface area contributed by atoms with Crippen LogP contribution in [0, 0.1) is 0 Å². The molecule has 1 amide bonds. The van der Waals surface area contributed by atoms with E-state index in [9.17, 15) is 9.90 Å². The van der Waals surface area contributed by atoms with E-state index < -0.39 is 5.60 Å². The van der Waals surface area contributed by atoms with Crippen LogP contribution in [0.1, 0.15) is 46.6 Å². The molecule has 1 aromatic heterocycles. The Balaban J connectivity index is 1.50. The number of aryl methyl sites for hydroxylation is 3. The second kappa shape index (κ2) is 6.26. The van der Waals surface area contributed by atoms with Crippen molar-refractivity contribution in [3.05, 3.63) is 47.0 Å². The monoisotopic (exact) mass is 340 g/mol. The van der Waals surface area contributed by atoms with Crippen molar-refractivity contribution in [2.24, 2.45) is 7.05 Å². The summed E-state index contributed by atoms with van der Waals surface area (Å²) in [5, 5.41) is 19.0. The van der Waals surface area contributed by atoms with Gasteiger partial charge in [0.1, 0.15) is 12.2 Å². The largest absolute Gasteiger partial charge is 0.388 e. The van der Waals surface area contributed by atoms with E-state index in [1.54, 1.807) is 11.2 Å². The molecule has 0 radical (unpaired) electrons. The summed E-state index contributed by atoms with van der Waals surface area (Å²) in [6.07, 6.45) is 6.87. The average Bonchev–Trinajstić information content (AvgIpc) is 3.22. The van der Waals surface area contributed by atoms with Crippen molar-refractivity contribution in [2.45, 2.75) is 44.1 Å². The topological polar surface area (TPSA) is 71.2 Å². The number of benzene rings is 1. The molecule has 132 valence electrons. The predicted octanol–water partition coefficient (Wildman–Crippen LogP) is 1.51. The maximum absolute atomic E-state index is 12.9. The Bertz CT molecular complexity index is 800. The number of carbonyl (C=O) groups excluding carboxylic acids is 1. The number of hydrogen-bond acceptors (Lipinski definition) is 4. The number of rotatable bonds is 3. The Kier molecular flexibility index (Phi) is 4.07. The number of aromatic nitrogens is 3. The summed E-state index contributed by atoms with van der Waals surface area (Å²) in [5.74, 6) is 0.764. The van der Waals surface area contributed by atoms with Gasteiger partial charge in [-0.3, -0.25) is 4.79 Å². The Labute approximate surface area is 147 Å². The van der Waals surface area contributed by atoms with E-state index in [1.807, 2.05) is 23.7 Å². The molecule has 2 aromatic rings. The fourth-order valence-corrected chi connectivity index (χ4v) is 4.08. The Morgan fingerprint density at radius 2 is 2.12 bits per heavy atom. The summed E-state index contributed by atoms with van der Waals surface area (Å²) >= 11 is 0. The van der Waals surface area contributed by atoms with Crippen molar-refractivity contribution in [3.63, 3.8) is 0 Å². The molecule has 25 heavy (non-hydrogen) atoms. The van der Waals surface area contributed by atoms with Crippen LogP contribution in [0.25, 0.3) is 0 Å². The number of aliphatic hydroxyl groups is 1. The molecule has 6 heteroatoms. The van der Waals surface area contributed by atoms with E-state index in [1.165, 1.54) is 17.5 Å². The first kappa shape index (κ1) is 16.3. The molecule has 2 heterocycles. The van der Waals surface area contributed by atoms with E-state index in [2.05, 4.69) is 16.3 Å². The van der Waals surface area contributed by atoms with Crippen LogP contribution in [0.5, 0.6) is 0 Å². The number of likely N-dealkylation sites (tertiary alicyclic amines) is 1. The Morgan fingerprint density at radius 3 is 2.92 bits per heavy atom. The van der Waals surface area contributed by atoms with E-state index in [-0.39, 0.29) is 5.91 Å². The second-order valence-corrected chi connectivity index (χ2v) is 7.43. The summed E-state index contributed by atoms with van der Waals surface area (Å²) in [5.41, 5.74) is 2.47. The van der Waals surface area contributed by atoms with Crippen molar-refractivity contribution in [1.82, 2.24) is 19.7 Å². The van der Waals surface area contributed by atoms with Crippen LogP contribution >= 0.6 is 0 Å². The minimum absolute atomic E-state index is 0.0193. The minimum atomic E-state index is -0.939. The van der Waals surface area contributed by atoms with Gasteiger partial charge in [0.25, 0.3) is 5.91 Å². The first-order valence-corrected chi connectivity index (χ1v) is 9.00. The van der Waals surface area contributed by atoms with Gasteiger partial charge in [0, 0.05) is 25.6 Å². The standard InChI is InChI=1S/C19H24N4O2/c1-22-13-20-21-17(22)11-19(25)8-3-9-23(12-19)18(24)16-7-6-14-4-2-5-15(14)10-16/h6-7,10,13,25H,2-5,8-9,11-12H2,1H3. The van der Waals surface area contributed by atoms with E-state index >= 15 is 0 Å². The van der Waals surface area contributed by atoms with Gasteiger partial charge in [0.15, 0.2) is 0 Å². The second-order valence-electron chi connectivity index (χ2n) is 7.43. The van der Waals surface area contributed by atoms with Gasteiger partial charge < -0.3 is 14.6 Å². The molecule has 0 bridgehead atoms. The van der Waals surface area contributed by atoms with Crippen LogP contribution in [0.2, 0.25) is 0 Å². The van der Waals surface area contributed by atoms with Gasteiger partial charge in [0.05, 0.1) is 12.1 Å². The maximum atomic E-state index is 12.9. The first-order valence-electron chi connectivity index (χ1n) is 9.00. The summed E-state index contributed by atoms with van der Waals surface area (Å²) in [7, 11) is 1.87. The van der Waals surface area contributed by atoms with Gasteiger partial charge in [-0.25, -0.2) is 0 Å². The van der Waals surface area contributed by atoms with Gasteiger partial charge in [0.2, 0.25) is 0 Å². The molecule has 2 aliphatic rings. The van der Waals surface area contributed by atoms with Crippen LogP contribution < -0.4 is 0 Å². The zero-order valence-electron chi connectivity index (χ0n) is 14.6. The van der Waals surface area contributed by atoms with Crippen LogP contribution in [0.4, 0.5) is 0 Å². The number of β-amino-alcohol motifs (C(OH)–C–C–N with tert-alkyl or cyclic N) is 1. The molecular formula is C19H24N4O2. The molecule has 4 rings (SSSR count). The number of carbonyl (C=O) groups is 1. The van der Waals surface area contributed by atoms with E-state index in [0.29, 0.717) is 25.9 Å². The number of fused-ring (bicyclic) bond motifs is 1. The van der Waals surface area contributed by atoms with Crippen molar-refractivity contribution in [1.29, 1.82) is 0 Å². The number of hydrogen-bond donors (Lipinski definition) is 1. The van der Waals surface area contributed by atoms with Gasteiger partial charge in [-0.2, -0.15) is 0 Å². The third kappa shape index (κ3) is 3.18. The lowest BCUT2D eigenvalue weighted by Gasteiger charge is -2.39. The summed E-state index contributed by atoms with van der Waals surface area (Å²) in [4.78, 5) is 14.7. The Hall–Kier alpha value is -2.21. The molecular weight excluding hydrogens is 316 g/mol. The molecule has 1 saturated heterocycles. The van der Waals surface area contributed by atoms with Crippen LogP contribution in [-0.4, -0.2) is 49.4 Å². The van der Waals surface area contributed by atoms with Crippen molar-refractivity contribution >= 4 is 5.91 Å². The highest BCUT2D eigenvalue weighted by Gasteiger charge is 2.37. The zero-order valence-corrected chi connectivity index (χ0v) is 14.6. The highest BCUT2D eigenvalue weighted by molar-refractivity contribution is 5.94. The highest BCUT2D eigenvalue weighted by atomic mass is 16.3. The molecule has 1 aliphatic heterocycles. The molecule has 1 unspecified atom stereocenters. The van der Waals surface area contributed by atoms with Crippen LogP contribution in [0.3, 0.4) is 0 Å². The van der Waals surface area contributed by atoms with Gasteiger partial charge >= 0.3 is 0 Å². The zero-order chi connectivity index (χ0) is 17.4. The molecule has 6 nitrogen and oxygen atoms in total. The van der Waals surface area contributed by atoms with Crippen molar-refractivity contribution < 1.29 is 9.90 Å². The molecule has 0 saturated carbocycles. The summed E-state index contributed by atoms with van der Waals surface area (Å²) in [6.45, 7) is 1.03. The van der Waals surface area contributed by atoms with Gasteiger partial charge in [-0.05, 0) is 55.4 Å². The van der Waals surface area contributed by atoms with Crippen molar-refractivity contribution in [2.75, 3.05) is 13.1 Å². The lowest BCUT2D eigenvalue weighted by Crippen LogP contribution is -2.51. The van der Waals surface area contributed by atoms with Crippen molar-refractivity contribution in [3.8, 4) is 0 Å². The van der Waals surface area contributed by atoms with E-state index in [4.69, 9.17) is 0 Å². The molecule has 1 aromatic carbocycles. The number of nitrogens with zero attached hydrogens (tertiary/aromatic N) is 4. The lowest BCUT2D eigenvalue weighted by molar-refractivity contribution is -0.0258. The van der Waals surface area contributed by atoms with Crippen LogP contribution in [0.15, 0.2) is 24.5 Å². The summed E-state index contributed by atoms with van der Waals surface area (Å²) in [6, 6.07) is 6.06. The fraction of sp³-hybridized carbons (Fsp3) is 0.526. The smallest absolute Gasteiger partial charge is 0.253 e. The lowest BCUT2D eigenvalue weighted by atomic mass is 9.88. The number of amides is 1. The normalized spacial score (nSPS) is 22.9. The molecule has 1 fully saturated rings. The summed E-state index contributed by atoms with van der Waals surface area (Å²) < 4.78 is 1.82. The third-order valence-corrected chi connectivity index (χ3v) is 5.48. The SMILES string of the molecule is Cn1cnnc1CC1(O)CCCN(C(=O)c2ccc3c(c2)CCC3)C1. The quantitative estimate of drug-likeness (QED) is 0.919. The van der Waals surface area contributed by atoms with Gasteiger partial charge in [-0.1, -0.05) is 6.07 Å². The maximum Gasteiger partial charge on any atom is 0.253 e. The molecule has 0 spiro atoms. The molecule has 1 atom stereocenters. The number of piperidine rings is 1. The highest BCUT2D eigenvalue weighted by Crippen LogP contribution is 2.27. The molecule has 1 aliphatic carbocycles. The fourth-order valence-electron chi connectivity index (χ4n) is 4.08. The van der Waals surface area contributed by atoms with Gasteiger partial charge in [-0.15, -0.1) is 10.2 Å². The average molecular weight is 340 g/mol. The third-order valence-electron chi connectivity index (χ3n) is 5.48.